The number of hydrogen-bond donors (Lipinski definition) is 0. The van der Waals surface area contributed by atoms with Gasteiger partial charge in [0.05, 0.1) is 12.9 Å². The fourth-order valence-electron chi connectivity index (χ4n) is 0.315. The maximum Gasteiger partial charge on any atom is 0.267 e. The van der Waals surface area contributed by atoms with Gasteiger partial charge in [-0.15, -0.1) is 0 Å². The van der Waals surface area contributed by atoms with Crippen LogP contribution in [0.5, 0.6) is 0 Å². The second-order valence-corrected chi connectivity index (χ2v) is 4.41. The zero-order chi connectivity index (χ0) is 7.33. The van der Waals surface area contributed by atoms with E-state index in [4.69, 9.17) is 0 Å². The van der Waals surface area contributed by atoms with Crippen LogP contribution in [0.3, 0.4) is 0 Å². The van der Waals surface area contributed by atoms with Crippen LogP contribution in [0, 0.1) is 0 Å². The van der Waals surface area contributed by atoms with Gasteiger partial charge in [-0.1, -0.05) is 22.6 Å². The lowest BCUT2D eigenvalue weighted by Crippen LogP contribution is -2.07. The van der Waals surface area contributed by atoms with Gasteiger partial charge in [0.25, 0.3) is 10.1 Å². The highest BCUT2D eigenvalue weighted by atomic mass is 127. The normalized spacial score (nSPS) is 11.8. The third kappa shape index (κ3) is 5.10. The highest BCUT2D eigenvalue weighted by Gasteiger charge is 2.05. The van der Waals surface area contributed by atoms with Crippen molar-refractivity contribution in [2.24, 2.45) is 0 Å². The van der Waals surface area contributed by atoms with Crippen LogP contribution < -0.4 is 0 Å². The minimum atomic E-state index is -3.19. The van der Waals surface area contributed by atoms with E-state index in [0.29, 0.717) is 6.42 Å². The first kappa shape index (κ1) is 9.64. The standard InChI is InChI=1S/C4H9IO3S/c1-8-9(6,7)4-2-3-5/h2-4H2,1H3. The van der Waals surface area contributed by atoms with Gasteiger partial charge in [0, 0.05) is 4.43 Å². The summed E-state index contributed by atoms with van der Waals surface area (Å²) in [5.74, 6) is 0.131. The zero-order valence-electron chi connectivity index (χ0n) is 5.13. The molecule has 0 aliphatic heterocycles. The number of hydrogen-bond acceptors (Lipinski definition) is 3. The zero-order valence-corrected chi connectivity index (χ0v) is 8.11. The Morgan fingerprint density at radius 1 is 1.56 bits per heavy atom. The first-order chi connectivity index (χ1) is 4.12. The van der Waals surface area contributed by atoms with Crippen molar-refractivity contribution >= 4 is 32.7 Å². The van der Waals surface area contributed by atoms with Crippen LogP contribution in [-0.2, 0) is 14.3 Å². The van der Waals surface area contributed by atoms with Gasteiger partial charge in [-0.2, -0.15) is 8.42 Å². The van der Waals surface area contributed by atoms with Crippen molar-refractivity contribution in [3.8, 4) is 0 Å². The molecule has 3 nitrogen and oxygen atoms in total. The van der Waals surface area contributed by atoms with Crippen molar-refractivity contribution in [1.29, 1.82) is 0 Å². The molecule has 0 spiro atoms. The predicted octanol–water partition coefficient (Wildman–Crippen LogP) is 0.788. The number of alkyl halides is 1. The number of rotatable bonds is 4. The Morgan fingerprint density at radius 3 is 2.44 bits per heavy atom. The summed E-state index contributed by atoms with van der Waals surface area (Å²) in [7, 11) is -2.00. The number of halogens is 1. The van der Waals surface area contributed by atoms with E-state index in [-0.39, 0.29) is 5.75 Å². The molecule has 0 aliphatic rings. The fraction of sp³-hybridized carbons (Fsp3) is 1.00. The summed E-state index contributed by atoms with van der Waals surface area (Å²) in [6.45, 7) is 0. The summed E-state index contributed by atoms with van der Waals surface area (Å²) in [5, 5.41) is 0. The highest BCUT2D eigenvalue weighted by Crippen LogP contribution is 1.96. The van der Waals surface area contributed by atoms with Crippen molar-refractivity contribution in [2.45, 2.75) is 6.42 Å². The average molecular weight is 264 g/mol. The maximum atomic E-state index is 10.5. The highest BCUT2D eigenvalue weighted by molar-refractivity contribution is 14.1. The van der Waals surface area contributed by atoms with Gasteiger partial charge >= 0.3 is 0 Å². The Morgan fingerprint density at radius 2 is 2.11 bits per heavy atom. The monoisotopic (exact) mass is 264 g/mol. The Bertz CT molecular complexity index is 151. The first-order valence-corrected chi connectivity index (χ1v) is 5.57. The quantitative estimate of drug-likeness (QED) is 0.428. The Hall–Kier alpha value is 0.640. The van der Waals surface area contributed by atoms with Gasteiger partial charge in [-0.05, 0) is 6.42 Å². The van der Waals surface area contributed by atoms with Crippen LogP contribution in [0.25, 0.3) is 0 Å². The molecule has 0 heterocycles. The summed E-state index contributed by atoms with van der Waals surface area (Å²) < 4.78 is 26.1. The summed E-state index contributed by atoms with van der Waals surface area (Å²) in [5.41, 5.74) is 0. The molecule has 0 fully saturated rings. The third-order valence-electron chi connectivity index (χ3n) is 0.782. The molecule has 0 unspecified atom stereocenters. The minimum Gasteiger partial charge on any atom is -0.273 e. The lowest BCUT2D eigenvalue weighted by atomic mass is 10.6. The summed E-state index contributed by atoms with van der Waals surface area (Å²) in [4.78, 5) is 0. The van der Waals surface area contributed by atoms with Gasteiger partial charge in [0.15, 0.2) is 0 Å². The molecule has 0 saturated heterocycles. The molecular formula is C4H9IO3S. The fourth-order valence-corrected chi connectivity index (χ4v) is 1.88. The van der Waals surface area contributed by atoms with Crippen molar-refractivity contribution in [3.05, 3.63) is 0 Å². The van der Waals surface area contributed by atoms with Gasteiger partial charge in [-0.3, -0.25) is 4.18 Å². The predicted molar refractivity (Wildman–Crippen MR) is 44.3 cm³/mol. The first-order valence-electron chi connectivity index (χ1n) is 2.46. The lowest BCUT2D eigenvalue weighted by Gasteiger charge is -1.96. The van der Waals surface area contributed by atoms with Crippen LogP contribution in [0.1, 0.15) is 6.42 Å². The van der Waals surface area contributed by atoms with E-state index < -0.39 is 10.1 Å². The molecular weight excluding hydrogens is 255 g/mol. The van der Waals surface area contributed by atoms with Gasteiger partial charge in [-0.25, -0.2) is 0 Å². The van der Waals surface area contributed by atoms with Crippen LogP contribution in [0.2, 0.25) is 0 Å². The molecule has 0 saturated carbocycles. The molecule has 9 heavy (non-hydrogen) atoms. The molecule has 0 aromatic rings. The Balaban J connectivity index is 3.61. The van der Waals surface area contributed by atoms with E-state index in [1.165, 1.54) is 7.11 Å². The van der Waals surface area contributed by atoms with E-state index in [2.05, 4.69) is 26.8 Å². The van der Waals surface area contributed by atoms with Crippen molar-refractivity contribution < 1.29 is 12.6 Å². The summed E-state index contributed by atoms with van der Waals surface area (Å²) >= 11 is 2.12. The second kappa shape index (κ2) is 4.45. The van der Waals surface area contributed by atoms with Crippen molar-refractivity contribution in [2.75, 3.05) is 17.3 Å². The molecule has 0 N–H and O–H groups in total. The summed E-state index contributed by atoms with van der Waals surface area (Å²) in [6.07, 6.45) is 0.663. The van der Waals surface area contributed by atoms with E-state index >= 15 is 0 Å². The van der Waals surface area contributed by atoms with Gasteiger partial charge < -0.3 is 0 Å². The van der Waals surface area contributed by atoms with Gasteiger partial charge in [0.2, 0.25) is 0 Å². The van der Waals surface area contributed by atoms with Crippen LogP contribution in [0.15, 0.2) is 0 Å². The minimum absolute atomic E-state index is 0.131. The molecule has 5 heteroatoms. The van der Waals surface area contributed by atoms with E-state index in [0.717, 1.165) is 4.43 Å². The lowest BCUT2D eigenvalue weighted by molar-refractivity contribution is 0.397. The third-order valence-corrected chi connectivity index (χ3v) is 2.84. The molecule has 0 aromatic carbocycles. The molecule has 0 aliphatic carbocycles. The van der Waals surface area contributed by atoms with E-state index in [1.807, 2.05) is 0 Å². The molecule has 0 amide bonds. The molecule has 0 radical (unpaired) electrons. The second-order valence-electron chi connectivity index (χ2n) is 1.47. The Kier molecular flexibility index (Phi) is 4.77. The molecule has 56 valence electrons. The van der Waals surface area contributed by atoms with Crippen LogP contribution in [-0.4, -0.2) is 25.7 Å². The summed E-state index contributed by atoms with van der Waals surface area (Å²) in [6, 6.07) is 0. The van der Waals surface area contributed by atoms with E-state index in [1.54, 1.807) is 0 Å². The van der Waals surface area contributed by atoms with E-state index in [9.17, 15) is 8.42 Å². The van der Waals surface area contributed by atoms with Gasteiger partial charge in [0.1, 0.15) is 0 Å². The SMILES string of the molecule is COS(=O)(=O)CCCI. The van der Waals surface area contributed by atoms with Crippen LogP contribution in [0.4, 0.5) is 0 Å². The van der Waals surface area contributed by atoms with Crippen LogP contribution >= 0.6 is 22.6 Å². The topological polar surface area (TPSA) is 43.4 Å². The van der Waals surface area contributed by atoms with Crippen molar-refractivity contribution in [3.63, 3.8) is 0 Å². The molecule has 0 aromatic heterocycles. The smallest absolute Gasteiger partial charge is 0.267 e. The van der Waals surface area contributed by atoms with Crippen molar-refractivity contribution in [1.82, 2.24) is 0 Å². The average Bonchev–Trinajstić information content (AvgIpc) is 1.84. The Labute approximate surface area is 69.0 Å². The molecule has 0 atom stereocenters. The largest absolute Gasteiger partial charge is 0.273 e. The molecule has 0 rings (SSSR count). The maximum absolute atomic E-state index is 10.5. The molecule has 0 bridgehead atoms.